The number of hydrogen-bond donors (Lipinski definition) is 0. The van der Waals surface area contributed by atoms with Gasteiger partial charge in [-0.25, -0.2) is 9.59 Å². The van der Waals surface area contributed by atoms with E-state index in [1.54, 1.807) is 118 Å². The molecule has 0 bridgehead atoms. The van der Waals surface area contributed by atoms with Crippen molar-refractivity contribution in [2.45, 2.75) is 40.5 Å². The Balaban J connectivity index is 1.28. The molecule has 0 saturated carbocycles. The van der Waals surface area contributed by atoms with Gasteiger partial charge >= 0.3 is 11.9 Å². The third-order valence-electron chi connectivity index (χ3n) is 5.19. The van der Waals surface area contributed by atoms with E-state index in [-0.39, 0.29) is 11.9 Å². The average Bonchev–Trinajstić information content (AvgIpc) is 3.67. The maximum Gasteiger partial charge on any atom is 0.346 e. The molecule has 4 rings (SSSR count). The highest BCUT2D eigenvalue weighted by Crippen LogP contribution is 2.63. The molecule has 4 aliphatic rings. The lowest BCUT2D eigenvalue weighted by Gasteiger charge is -2.05. The van der Waals surface area contributed by atoms with Crippen LogP contribution in [0, 0.1) is 0 Å². The summed E-state index contributed by atoms with van der Waals surface area (Å²) >= 11 is 17.1. The molecular weight excluding hydrogens is 673 g/mol. The Hall–Kier alpha value is 0.880. The monoisotopic (exact) mass is 698 g/mol. The van der Waals surface area contributed by atoms with Crippen LogP contribution in [-0.4, -0.2) is 37.7 Å². The van der Waals surface area contributed by atoms with Crippen molar-refractivity contribution in [1.82, 2.24) is 0 Å². The number of carbonyl (C=O) groups is 2. The Morgan fingerprint density at radius 2 is 0.868 bits per heavy atom. The predicted octanol–water partition coefficient (Wildman–Crippen LogP) is 10.6. The van der Waals surface area contributed by atoms with E-state index in [1.165, 1.54) is 50.8 Å². The van der Waals surface area contributed by atoms with E-state index < -0.39 is 0 Å². The number of allylic oxidation sites excluding steroid dienone is 4. The zero-order valence-electron chi connectivity index (χ0n) is 21.5. The number of hydrogen-bond acceptors (Lipinski definition) is 14. The number of carbonyl (C=O) groups excluding carboxylic acids is 2. The minimum Gasteiger partial charge on any atom is -0.465 e. The van der Waals surface area contributed by atoms with Crippen molar-refractivity contribution in [3.63, 3.8) is 0 Å². The number of rotatable bonds is 9. The van der Waals surface area contributed by atoms with E-state index in [2.05, 4.69) is 27.7 Å². The van der Waals surface area contributed by atoms with Crippen LogP contribution in [0.3, 0.4) is 0 Å². The van der Waals surface area contributed by atoms with Crippen LogP contribution in [-0.2, 0) is 19.1 Å². The Morgan fingerprint density at radius 1 is 0.553 bits per heavy atom. The van der Waals surface area contributed by atoms with Crippen LogP contribution < -0.4 is 0 Å². The molecule has 0 spiro atoms. The zero-order valence-corrected chi connectivity index (χ0v) is 29.7. The smallest absolute Gasteiger partial charge is 0.346 e. The summed E-state index contributed by atoms with van der Waals surface area (Å²) in [5.41, 5.74) is 0. The summed E-state index contributed by atoms with van der Waals surface area (Å²) in [5.74, 6) is 1.35. The van der Waals surface area contributed by atoms with Crippen LogP contribution in [0.2, 0.25) is 0 Å². The summed E-state index contributed by atoms with van der Waals surface area (Å²) in [7, 11) is 2.89. The molecule has 0 unspecified atom stereocenters. The van der Waals surface area contributed by atoms with Gasteiger partial charge in [0.25, 0.3) is 0 Å². The van der Waals surface area contributed by atoms with E-state index in [0.29, 0.717) is 9.81 Å². The van der Waals surface area contributed by atoms with Crippen LogP contribution in [0.4, 0.5) is 0 Å². The third kappa shape index (κ3) is 7.83. The molecule has 4 heterocycles. The first-order valence-corrected chi connectivity index (χ1v) is 19.9. The molecule has 4 nitrogen and oxygen atoms in total. The minimum absolute atomic E-state index is 0.257. The molecule has 14 heteroatoms. The summed E-state index contributed by atoms with van der Waals surface area (Å²) < 4.78 is 17.1. The van der Waals surface area contributed by atoms with Gasteiger partial charge in [-0.3, -0.25) is 0 Å². The maximum absolute atomic E-state index is 12.4. The van der Waals surface area contributed by atoms with E-state index in [0.717, 1.165) is 32.8 Å². The number of ether oxygens (including phenoxy) is 2. The van der Waals surface area contributed by atoms with Gasteiger partial charge < -0.3 is 9.47 Å². The second kappa shape index (κ2) is 14.9. The van der Waals surface area contributed by atoms with Crippen molar-refractivity contribution >= 4 is 130 Å². The number of esters is 2. The first-order valence-electron chi connectivity index (χ1n) is 11.4. The highest BCUT2D eigenvalue weighted by atomic mass is 32.2. The molecule has 0 amide bonds. The van der Waals surface area contributed by atoms with Gasteiger partial charge in [-0.1, -0.05) is 94.1 Å². The van der Waals surface area contributed by atoms with Gasteiger partial charge in [0.15, 0.2) is 0 Å². The lowest BCUT2D eigenvalue weighted by atomic mass is 10.4. The summed E-state index contributed by atoms with van der Waals surface area (Å²) in [6.07, 6.45) is 2.05. The largest absolute Gasteiger partial charge is 0.465 e. The van der Waals surface area contributed by atoms with Gasteiger partial charge in [-0.05, 0) is 71.7 Å². The standard InChI is InChI=1S/C24H26O4S10/c1-11-12(2)32-21(31-11)23-35-15(17(25)27-5)19(37-23)29-9-7-8-10-30-20-16(18(26)28-6)36-24(38-20)22-33-13(3)14(4)34-22/h7-10H2,1-6H3. The Labute approximate surface area is 267 Å². The molecule has 0 aromatic rings. The summed E-state index contributed by atoms with van der Waals surface area (Å²) in [4.78, 5) is 31.6. The first kappa shape index (κ1) is 31.8. The topological polar surface area (TPSA) is 52.6 Å². The lowest BCUT2D eigenvalue weighted by Crippen LogP contribution is -2.01. The molecule has 0 aromatic carbocycles. The van der Waals surface area contributed by atoms with Crippen molar-refractivity contribution in [3.8, 4) is 0 Å². The number of methoxy groups -OCH3 is 2. The summed E-state index contributed by atoms with van der Waals surface area (Å²) in [5, 5.41) is 0. The van der Waals surface area contributed by atoms with E-state index >= 15 is 0 Å². The molecule has 0 aliphatic carbocycles. The zero-order chi connectivity index (χ0) is 27.4. The van der Waals surface area contributed by atoms with Gasteiger partial charge in [0.2, 0.25) is 0 Å². The van der Waals surface area contributed by atoms with Gasteiger partial charge in [0.05, 0.1) is 39.6 Å². The highest BCUT2D eigenvalue weighted by molar-refractivity contribution is 8.39. The van der Waals surface area contributed by atoms with Gasteiger partial charge in [0.1, 0.15) is 9.81 Å². The van der Waals surface area contributed by atoms with Crippen LogP contribution >= 0.6 is 118 Å². The van der Waals surface area contributed by atoms with E-state index in [4.69, 9.17) is 9.47 Å². The van der Waals surface area contributed by atoms with Crippen LogP contribution in [0.25, 0.3) is 0 Å². The van der Waals surface area contributed by atoms with Gasteiger partial charge in [-0.2, -0.15) is 0 Å². The average molecular weight is 699 g/mol. The van der Waals surface area contributed by atoms with Crippen LogP contribution in [0.5, 0.6) is 0 Å². The van der Waals surface area contributed by atoms with Gasteiger partial charge in [0, 0.05) is 0 Å². The van der Waals surface area contributed by atoms with Crippen molar-refractivity contribution in [2.75, 3.05) is 25.7 Å². The Kier molecular flexibility index (Phi) is 12.4. The van der Waals surface area contributed by atoms with E-state index in [1.807, 2.05) is 0 Å². The Bertz CT molecular complexity index is 1100. The summed E-state index contributed by atoms with van der Waals surface area (Å²) in [6.45, 7) is 8.57. The minimum atomic E-state index is -0.257. The number of thioether (sulfide) groups is 10. The van der Waals surface area contributed by atoms with Crippen molar-refractivity contribution in [1.29, 1.82) is 0 Å². The number of unbranched alkanes of at least 4 members (excludes halogenated alkanes) is 1. The Morgan fingerprint density at radius 3 is 1.18 bits per heavy atom. The molecule has 0 radical (unpaired) electrons. The third-order valence-corrected chi connectivity index (χ3v) is 19.6. The van der Waals surface area contributed by atoms with Gasteiger partial charge in [-0.15, -0.1) is 23.5 Å². The first-order chi connectivity index (χ1) is 18.2. The normalized spacial score (nSPS) is 20.3. The molecular formula is C24H26O4S10. The van der Waals surface area contributed by atoms with Crippen molar-refractivity contribution in [3.05, 3.63) is 54.9 Å². The fourth-order valence-electron chi connectivity index (χ4n) is 2.95. The molecule has 38 heavy (non-hydrogen) atoms. The lowest BCUT2D eigenvalue weighted by molar-refractivity contribution is -0.136. The predicted molar refractivity (Wildman–Crippen MR) is 184 cm³/mol. The molecule has 0 aromatic heterocycles. The molecule has 206 valence electrons. The fourth-order valence-corrected chi connectivity index (χ4v) is 16.9. The SMILES string of the molecule is COC(=O)C1=C(SCCCCSC2=C(C(=O)OC)SC(=C3SC(C)=C(C)S3)S2)SC(=C2SC(C)=C(C)S2)S1. The fraction of sp³-hybridized carbons (Fsp3) is 0.417. The van der Waals surface area contributed by atoms with E-state index in [9.17, 15) is 9.59 Å². The molecule has 4 aliphatic heterocycles. The van der Waals surface area contributed by atoms with Crippen molar-refractivity contribution < 1.29 is 19.1 Å². The quantitative estimate of drug-likeness (QED) is 0.169. The van der Waals surface area contributed by atoms with Crippen LogP contribution in [0.1, 0.15) is 40.5 Å². The molecule has 0 fully saturated rings. The van der Waals surface area contributed by atoms with Crippen LogP contribution in [0.15, 0.2) is 54.9 Å². The molecule has 0 N–H and O–H groups in total. The molecule has 0 atom stereocenters. The second-order valence-corrected chi connectivity index (χ2v) is 20.6. The van der Waals surface area contributed by atoms with Crippen molar-refractivity contribution in [2.24, 2.45) is 0 Å². The molecule has 0 saturated heterocycles. The second-order valence-electron chi connectivity index (χ2n) is 7.81. The summed E-state index contributed by atoms with van der Waals surface area (Å²) in [6, 6.07) is 0. The maximum atomic E-state index is 12.4. The highest BCUT2D eigenvalue weighted by Gasteiger charge is 2.33.